The maximum atomic E-state index is 5.34. The van der Waals surface area contributed by atoms with Crippen LogP contribution in [-0.2, 0) is 6.54 Å². The van der Waals surface area contributed by atoms with Gasteiger partial charge < -0.3 is 9.47 Å². The first-order chi connectivity index (χ1) is 19.5. The highest BCUT2D eigenvalue weighted by Crippen LogP contribution is 2.40. The van der Waals surface area contributed by atoms with Crippen LogP contribution in [0.3, 0.4) is 0 Å². The second-order valence-corrected chi connectivity index (χ2v) is 11.6. The van der Waals surface area contributed by atoms with Crippen LogP contribution in [0.1, 0.15) is 15.3 Å². The van der Waals surface area contributed by atoms with Gasteiger partial charge in [-0.25, -0.2) is 14.6 Å². The van der Waals surface area contributed by atoms with Gasteiger partial charge in [-0.3, -0.25) is 0 Å². The van der Waals surface area contributed by atoms with Crippen LogP contribution < -0.4 is 9.47 Å². The maximum absolute atomic E-state index is 5.34. The lowest BCUT2D eigenvalue weighted by molar-refractivity contribution is 0.415. The predicted octanol–water partition coefficient (Wildman–Crippen LogP) is 7.54. The number of aryl methyl sites for hydroxylation is 2. The molecule has 0 saturated carbocycles. The van der Waals surface area contributed by atoms with Crippen molar-refractivity contribution in [1.82, 2.24) is 25.0 Å². The molecule has 0 aliphatic carbocycles. The highest BCUT2D eigenvalue weighted by atomic mass is 32.1. The summed E-state index contributed by atoms with van der Waals surface area (Å²) in [5.74, 6) is 1.63. The third-order valence-electron chi connectivity index (χ3n) is 6.63. The number of hydrogen-bond acceptors (Lipinski definition) is 8. The van der Waals surface area contributed by atoms with E-state index in [0.717, 1.165) is 70.7 Å². The lowest BCUT2D eigenvalue weighted by atomic mass is 10.1. The number of hydrogen-bond donors (Lipinski definition) is 0. The summed E-state index contributed by atoms with van der Waals surface area (Å²) in [6.45, 7) is 4.75. The van der Waals surface area contributed by atoms with Crippen molar-refractivity contribution in [3.63, 3.8) is 0 Å². The van der Waals surface area contributed by atoms with Crippen LogP contribution in [0.4, 0.5) is 0 Å². The van der Waals surface area contributed by atoms with E-state index in [0.29, 0.717) is 6.54 Å². The Labute approximate surface area is 240 Å². The summed E-state index contributed by atoms with van der Waals surface area (Å²) in [4.78, 5) is 12.3. The summed E-state index contributed by atoms with van der Waals surface area (Å²) < 4.78 is 12.6. The van der Waals surface area contributed by atoms with E-state index in [-0.39, 0.29) is 0 Å². The normalized spacial score (nSPS) is 11.1. The van der Waals surface area contributed by atoms with Gasteiger partial charge in [0.2, 0.25) is 0 Å². The smallest absolute Gasteiger partial charge is 0.142 e. The molecule has 0 amide bonds. The van der Waals surface area contributed by atoms with E-state index in [2.05, 4.69) is 36.3 Å². The van der Waals surface area contributed by atoms with Crippen LogP contribution in [0.15, 0.2) is 78.9 Å². The number of thiazole rings is 2. The quantitative estimate of drug-likeness (QED) is 0.190. The van der Waals surface area contributed by atoms with Crippen molar-refractivity contribution in [2.45, 2.75) is 20.4 Å². The molecule has 40 heavy (non-hydrogen) atoms. The SMILES string of the molecule is COc1ccc(-c2nc(-c3nnn(Cc4ccccc4)c3-c3nc(-c4ccc(OC)cc4)sc3C)c(C)s2)cc1. The summed E-state index contributed by atoms with van der Waals surface area (Å²) in [7, 11) is 3.34. The van der Waals surface area contributed by atoms with E-state index >= 15 is 0 Å². The predicted molar refractivity (Wildman–Crippen MR) is 161 cm³/mol. The van der Waals surface area contributed by atoms with Crippen LogP contribution in [0.2, 0.25) is 0 Å². The van der Waals surface area contributed by atoms with E-state index in [9.17, 15) is 0 Å². The van der Waals surface area contributed by atoms with Gasteiger partial charge >= 0.3 is 0 Å². The molecule has 3 heterocycles. The third kappa shape index (κ3) is 5.01. The number of methoxy groups -OCH3 is 2. The average Bonchev–Trinajstić information content (AvgIpc) is 3.69. The topological polar surface area (TPSA) is 75.0 Å². The van der Waals surface area contributed by atoms with Gasteiger partial charge in [-0.15, -0.1) is 27.8 Å². The molecular weight excluding hydrogens is 539 g/mol. The Kier molecular flexibility index (Phi) is 7.15. The van der Waals surface area contributed by atoms with Gasteiger partial charge in [-0.1, -0.05) is 35.5 Å². The Morgan fingerprint density at radius 1 is 0.650 bits per heavy atom. The first-order valence-corrected chi connectivity index (χ1v) is 14.4. The average molecular weight is 566 g/mol. The fourth-order valence-corrected chi connectivity index (χ4v) is 6.36. The van der Waals surface area contributed by atoms with E-state index in [1.165, 1.54) is 0 Å². The molecule has 6 rings (SSSR count). The molecule has 0 aliphatic rings. The van der Waals surface area contributed by atoms with E-state index in [4.69, 9.17) is 19.4 Å². The lowest BCUT2D eigenvalue weighted by Gasteiger charge is -2.07. The Morgan fingerprint density at radius 2 is 1.18 bits per heavy atom. The van der Waals surface area contributed by atoms with Crippen molar-refractivity contribution in [2.75, 3.05) is 14.2 Å². The van der Waals surface area contributed by atoms with Crippen molar-refractivity contribution in [1.29, 1.82) is 0 Å². The van der Waals surface area contributed by atoms with Gasteiger partial charge in [-0.2, -0.15) is 0 Å². The van der Waals surface area contributed by atoms with Crippen LogP contribution in [0.5, 0.6) is 11.5 Å². The van der Waals surface area contributed by atoms with Crippen LogP contribution in [-0.4, -0.2) is 39.2 Å². The molecule has 0 saturated heterocycles. The highest BCUT2D eigenvalue weighted by Gasteiger charge is 2.26. The van der Waals surface area contributed by atoms with Crippen molar-refractivity contribution in [3.8, 4) is 55.4 Å². The minimum atomic E-state index is 0.576. The fourth-order valence-electron chi connectivity index (χ4n) is 4.52. The molecule has 7 nitrogen and oxygen atoms in total. The molecule has 6 aromatic rings. The molecule has 0 N–H and O–H groups in total. The molecule has 0 atom stereocenters. The first-order valence-electron chi connectivity index (χ1n) is 12.8. The summed E-state index contributed by atoms with van der Waals surface area (Å²) in [5.41, 5.74) is 6.50. The Balaban J connectivity index is 1.46. The second-order valence-electron chi connectivity index (χ2n) is 9.23. The van der Waals surface area contributed by atoms with Crippen molar-refractivity contribution < 1.29 is 9.47 Å². The lowest BCUT2D eigenvalue weighted by Crippen LogP contribution is -2.05. The molecule has 0 spiro atoms. The Bertz CT molecular complexity index is 1750. The number of ether oxygens (including phenoxy) is 2. The number of aromatic nitrogens is 5. The molecule has 200 valence electrons. The zero-order valence-corrected chi connectivity index (χ0v) is 24.2. The zero-order chi connectivity index (χ0) is 27.6. The van der Waals surface area contributed by atoms with Gasteiger partial charge in [0.15, 0.2) is 0 Å². The summed E-state index contributed by atoms with van der Waals surface area (Å²) in [6.07, 6.45) is 0. The second kappa shape index (κ2) is 11.0. The fraction of sp³-hybridized carbons (Fsp3) is 0.161. The Morgan fingerprint density at radius 3 is 1.73 bits per heavy atom. The molecule has 9 heteroatoms. The molecular formula is C31H27N5O2S2. The molecule has 0 unspecified atom stereocenters. The molecule has 3 aromatic carbocycles. The summed E-state index contributed by atoms with van der Waals surface area (Å²) in [5, 5.41) is 11.2. The summed E-state index contributed by atoms with van der Waals surface area (Å²) in [6, 6.07) is 26.2. The molecule has 0 radical (unpaired) electrons. The minimum Gasteiger partial charge on any atom is -0.497 e. The zero-order valence-electron chi connectivity index (χ0n) is 22.6. The van der Waals surface area contributed by atoms with Gasteiger partial charge in [0.05, 0.1) is 20.8 Å². The van der Waals surface area contributed by atoms with Crippen molar-refractivity contribution in [3.05, 3.63) is 94.2 Å². The van der Waals surface area contributed by atoms with Gasteiger partial charge in [-0.05, 0) is 67.9 Å². The Hall–Kier alpha value is -4.34. The van der Waals surface area contributed by atoms with Crippen molar-refractivity contribution >= 4 is 22.7 Å². The molecule has 3 aromatic heterocycles. The van der Waals surface area contributed by atoms with E-state index in [1.807, 2.05) is 71.4 Å². The van der Waals surface area contributed by atoms with Gasteiger partial charge in [0, 0.05) is 20.9 Å². The number of nitrogens with zero attached hydrogens (tertiary/aromatic N) is 5. The molecule has 0 bridgehead atoms. The first kappa shape index (κ1) is 25.9. The van der Waals surface area contributed by atoms with Gasteiger partial charge in [0.1, 0.15) is 44.3 Å². The van der Waals surface area contributed by atoms with Crippen LogP contribution in [0, 0.1) is 13.8 Å². The standard InChI is InChI=1S/C31H27N5O2S2/c1-19-26(32-30(39-19)22-10-14-24(37-3)15-11-22)28-29(36(35-34-28)18-21-8-6-5-7-9-21)27-20(2)40-31(33-27)23-12-16-25(38-4)17-13-23/h5-17H,18H2,1-4H3. The largest absolute Gasteiger partial charge is 0.497 e. The van der Waals surface area contributed by atoms with Crippen molar-refractivity contribution in [2.24, 2.45) is 0 Å². The minimum absolute atomic E-state index is 0.576. The maximum Gasteiger partial charge on any atom is 0.142 e. The van der Waals surface area contributed by atoms with E-state index in [1.54, 1.807) is 36.9 Å². The van der Waals surface area contributed by atoms with Gasteiger partial charge in [0.25, 0.3) is 0 Å². The summed E-state index contributed by atoms with van der Waals surface area (Å²) >= 11 is 3.30. The number of rotatable bonds is 8. The van der Waals surface area contributed by atoms with E-state index < -0.39 is 0 Å². The van der Waals surface area contributed by atoms with Crippen LogP contribution in [0.25, 0.3) is 43.9 Å². The third-order valence-corrected chi connectivity index (χ3v) is 8.67. The number of benzene rings is 3. The molecule has 0 aliphatic heterocycles. The van der Waals surface area contributed by atoms with Crippen LogP contribution >= 0.6 is 22.7 Å². The highest BCUT2D eigenvalue weighted by molar-refractivity contribution is 7.15. The molecule has 0 fully saturated rings. The monoisotopic (exact) mass is 565 g/mol.